The minimum Gasteiger partial charge on any atom is -0.375 e. The topological polar surface area (TPSA) is 67.2 Å². The van der Waals surface area contributed by atoms with E-state index in [-0.39, 0.29) is 12.5 Å². The molecule has 2 rings (SSSR count). The predicted octanol–water partition coefficient (Wildman–Crippen LogP) is 2.69. The van der Waals surface area contributed by atoms with Gasteiger partial charge in [-0.25, -0.2) is 0 Å². The fourth-order valence-corrected chi connectivity index (χ4v) is 1.59. The summed E-state index contributed by atoms with van der Waals surface area (Å²) in [5.74, 6) is 0.101. The maximum absolute atomic E-state index is 11.6. The van der Waals surface area contributed by atoms with Gasteiger partial charge in [-0.2, -0.15) is 0 Å². The van der Waals surface area contributed by atoms with Crippen LogP contribution < -0.4 is 10.6 Å². The molecule has 0 bridgehead atoms. The Kier molecular flexibility index (Phi) is 3.84. The summed E-state index contributed by atoms with van der Waals surface area (Å²) in [7, 11) is 0. The van der Waals surface area contributed by atoms with Crippen LogP contribution >= 0.6 is 11.6 Å². The molecule has 0 saturated carbocycles. The third kappa shape index (κ3) is 3.24. The number of benzene rings is 1. The summed E-state index contributed by atoms with van der Waals surface area (Å²) in [5.41, 5.74) is 1.42. The van der Waals surface area contributed by atoms with Crippen LogP contribution in [0.4, 0.5) is 11.6 Å². The van der Waals surface area contributed by atoms with Gasteiger partial charge in [-0.15, -0.1) is 0 Å². The van der Waals surface area contributed by atoms with Crippen molar-refractivity contribution in [3.05, 3.63) is 41.0 Å². The number of rotatable bonds is 4. The van der Waals surface area contributed by atoms with Gasteiger partial charge in [0.05, 0.1) is 22.9 Å². The lowest BCUT2D eigenvalue weighted by Crippen LogP contribution is -2.21. The average Bonchev–Trinajstić information content (AvgIpc) is 2.74. The number of halogens is 1. The Bertz CT molecular complexity index is 554. The van der Waals surface area contributed by atoms with Crippen LogP contribution in [0.1, 0.15) is 5.69 Å². The molecule has 1 heterocycles. The van der Waals surface area contributed by atoms with E-state index in [0.717, 1.165) is 0 Å². The molecule has 1 amide bonds. The molecule has 0 aliphatic rings. The van der Waals surface area contributed by atoms with Gasteiger partial charge in [0.15, 0.2) is 0 Å². The van der Waals surface area contributed by atoms with Crippen LogP contribution in [-0.4, -0.2) is 17.6 Å². The van der Waals surface area contributed by atoms with Gasteiger partial charge in [0.25, 0.3) is 0 Å². The monoisotopic (exact) mass is 265 g/mol. The van der Waals surface area contributed by atoms with Crippen molar-refractivity contribution in [2.75, 3.05) is 17.2 Å². The average molecular weight is 266 g/mol. The molecule has 0 saturated heterocycles. The molecule has 0 unspecified atom stereocenters. The van der Waals surface area contributed by atoms with Crippen molar-refractivity contribution in [2.24, 2.45) is 0 Å². The summed E-state index contributed by atoms with van der Waals surface area (Å²) in [6, 6.07) is 8.86. The van der Waals surface area contributed by atoms with Crippen molar-refractivity contribution < 1.29 is 9.32 Å². The second-order valence-electron chi connectivity index (χ2n) is 3.71. The summed E-state index contributed by atoms with van der Waals surface area (Å²) in [5, 5.41) is 9.75. The lowest BCUT2D eigenvalue weighted by atomic mass is 10.3. The number of carbonyl (C=O) groups is 1. The predicted molar refractivity (Wildman–Crippen MR) is 69.8 cm³/mol. The molecule has 0 fully saturated rings. The second kappa shape index (κ2) is 5.55. The normalized spacial score (nSPS) is 10.1. The molecule has 2 N–H and O–H groups in total. The van der Waals surface area contributed by atoms with Crippen molar-refractivity contribution in [1.29, 1.82) is 0 Å². The van der Waals surface area contributed by atoms with E-state index in [4.69, 9.17) is 16.1 Å². The first kappa shape index (κ1) is 12.4. The molecule has 2 aromatic rings. The molecule has 0 atom stereocenters. The smallest absolute Gasteiger partial charge is 0.246 e. The van der Waals surface area contributed by atoms with Crippen LogP contribution in [-0.2, 0) is 4.79 Å². The van der Waals surface area contributed by atoms with Gasteiger partial charge < -0.3 is 9.84 Å². The highest BCUT2D eigenvalue weighted by Crippen LogP contribution is 2.20. The first-order chi connectivity index (χ1) is 8.65. The van der Waals surface area contributed by atoms with Crippen LogP contribution in [0.5, 0.6) is 0 Å². The highest BCUT2D eigenvalue weighted by atomic mass is 35.5. The van der Waals surface area contributed by atoms with E-state index >= 15 is 0 Å². The Morgan fingerprint density at radius 1 is 1.44 bits per heavy atom. The summed E-state index contributed by atoms with van der Waals surface area (Å²) >= 11 is 5.95. The Morgan fingerprint density at radius 2 is 2.22 bits per heavy atom. The second-order valence-corrected chi connectivity index (χ2v) is 4.12. The SMILES string of the molecule is Cc1cc(NC(=O)CNc2ccccc2Cl)on1. The van der Waals surface area contributed by atoms with Crippen LogP contribution in [0.2, 0.25) is 5.02 Å². The largest absolute Gasteiger partial charge is 0.375 e. The van der Waals surface area contributed by atoms with E-state index in [1.54, 1.807) is 25.1 Å². The zero-order valence-corrected chi connectivity index (χ0v) is 10.5. The molecule has 6 heteroatoms. The van der Waals surface area contributed by atoms with Crippen molar-refractivity contribution in [3.8, 4) is 0 Å². The maximum Gasteiger partial charge on any atom is 0.246 e. The van der Waals surface area contributed by atoms with Crippen molar-refractivity contribution in [2.45, 2.75) is 6.92 Å². The van der Waals surface area contributed by atoms with Crippen LogP contribution in [0, 0.1) is 6.92 Å². The number of nitrogens with zero attached hydrogens (tertiary/aromatic N) is 1. The number of hydrogen-bond donors (Lipinski definition) is 2. The molecule has 1 aromatic carbocycles. The third-order valence-corrected chi connectivity index (χ3v) is 2.53. The summed E-state index contributed by atoms with van der Waals surface area (Å²) in [4.78, 5) is 11.6. The summed E-state index contributed by atoms with van der Waals surface area (Å²) in [6.45, 7) is 1.88. The quantitative estimate of drug-likeness (QED) is 0.892. The number of carbonyl (C=O) groups excluding carboxylic acids is 1. The lowest BCUT2D eigenvalue weighted by Gasteiger charge is -2.07. The Hall–Kier alpha value is -2.01. The molecule has 18 heavy (non-hydrogen) atoms. The first-order valence-electron chi connectivity index (χ1n) is 5.37. The molecule has 1 aromatic heterocycles. The third-order valence-electron chi connectivity index (χ3n) is 2.20. The first-order valence-corrected chi connectivity index (χ1v) is 5.74. The molecule has 5 nitrogen and oxygen atoms in total. The number of aromatic nitrogens is 1. The van der Waals surface area contributed by atoms with Gasteiger partial charge >= 0.3 is 0 Å². The number of anilines is 2. The Labute approximate surface area is 109 Å². The Balaban J connectivity index is 1.87. The van der Waals surface area contributed by atoms with Crippen LogP contribution in [0.25, 0.3) is 0 Å². The lowest BCUT2D eigenvalue weighted by molar-refractivity contribution is -0.114. The standard InChI is InChI=1S/C12H12ClN3O2/c1-8-6-12(18-16-8)15-11(17)7-14-10-5-3-2-4-9(10)13/h2-6,14H,7H2,1H3,(H,15,17). The number of hydrogen-bond acceptors (Lipinski definition) is 4. The fourth-order valence-electron chi connectivity index (χ4n) is 1.38. The van der Waals surface area contributed by atoms with E-state index in [1.807, 2.05) is 12.1 Å². The van der Waals surface area contributed by atoms with Crippen molar-refractivity contribution in [3.63, 3.8) is 0 Å². The van der Waals surface area contributed by atoms with Gasteiger partial charge in [-0.1, -0.05) is 28.9 Å². The molecule has 94 valence electrons. The van der Waals surface area contributed by atoms with Crippen molar-refractivity contribution >= 4 is 29.1 Å². The zero-order chi connectivity index (χ0) is 13.0. The van der Waals surface area contributed by atoms with E-state index in [0.29, 0.717) is 22.3 Å². The highest BCUT2D eigenvalue weighted by molar-refractivity contribution is 6.33. The van der Waals surface area contributed by atoms with Crippen LogP contribution in [0.15, 0.2) is 34.9 Å². The van der Waals surface area contributed by atoms with Gasteiger partial charge in [0, 0.05) is 6.07 Å². The summed E-state index contributed by atoms with van der Waals surface area (Å²) < 4.78 is 4.87. The minimum absolute atomic E-state index is 0.101. The fraction of sp³-hybridized carbons (Fsp3) is 0.167. The van der Waals surface area contributed by atoms with Crippen molar-refractivity contribution in [1.82, 2.24) is 5.16 Å². The summed E-state index contributed by atoms with van der Waals surface area (Å²) in [6.07, 6.45) is 0. The molecule has 0 radical (unpaired) electrons. The number of nitrogens with one attached hydrogen (secondary N) is 2. The van der Waals surface area contributed by atoms with E-state index in [9.17, 15) is 4.79 Å². The van der Waals surface area contributed by atoms with Gasteiger partial charge in [-0.05, 0) is 19.1 Å². The van der Waals surface area contributed by atoms with Gasteiger partial charge in [0.2, 0.25) is 11.8 Å². The number of aryl methyl sites for hydroxylation is 1. The number of para-hydroxylation sites is 1. The molecule has 0 aliphatic carbocycles. The van der Waals surface area contributed by atoms with Gasteiger partial charge in [0.1, 0.15) is 0 Å². The van der Waals surface area contributed by atoms with E-state index < -0.39 is 0 Å². The van der Waals surface area contributed by atoms with E-state index in [1.165, 1.54) is 0 Å². The van der Waals surface area contributed by atoms with Crippen LogP contribution in [0.3, 0.4) is 0 Å². The Morgan fingerprint density at radius 3 is 2.89 bits per heavy atom. The minimum atomic E-state index is -0.230. The highest BCUT2D eigenvalue weighted by Gasteiger charge is 2.07. The number of amides is 1. The zero-order valence-electron chi connectivity index (χ0n) is 9.74. The molecular weight excluding hydrogens is 254 g/mol. The molecule has 0 aliphatic heterocycles. The van der Waals surface area contributed by atoms with E-state index in [2.05, 4.69) is 15.8 Å². The molecular formula is C12H12ClN3O2. The molecule has 0 spiro atoms. The maximum atomic E-state index is 11.6. The van der Waals surface area contributed by atoms with Gasteiger partial charge in [-0.3, -0.25) is 10.1 Å².